The molecule has 0 unspecified atom stereocenters. The van der Waals surface area contributed by atoms with Crippen LogP contribution in [-0.2, 0) is 20.3 Å². The number of ether oxygens (including phenoxy) is 2. The normalized spacial score (nSPS) is 22.1. The van der Waals surface area contributed by atoms with E-state index >= 15 is 0 Å². The van der Waals surface area contributed by atoms with Crippen LogP contribution in [0.2, 0.25) is 18.1 Å². The van der Waals surface area contributed by atoms with Crippen LogP contribution < -0.4 is 0 Å². The molecule has 63 heavy (non-hydrogen) atoms. The number of oxazole rings is 2. The lowest BCUT2D eigenvalue weighted by molar-refractivity contribution is -0.0186. The standard InChI is InChI=1S/C52H76N2O8Si/c1-14-22-36(3)51(7,8)44(29-21-27-40-33-38(40)25-16-18-30-46-53-41(34-59-46)48(56)58-11)61-49(57)42-35-60-47(54-42)31-19-17-24-37-32-39(37)26-20-28-43(55)52(9,10)45(23-15-2)62-63(12,13)50(4,5)6/h14-23,25-27,30,34-40,43-45,55H,24,28-29,31-33H2,1-13H3/b19-17-,22-14+,23-15+,25-16+,26-20-,27-21-,30-18-/t36-,37+,38+,39-,40-,43-,44-,45-/m0/s1. The summed E-state index contributed by atoms with van der Waals surface area (Å²) in [6.45, 7) is 25.9. The molecule has 0 amide bonds. The van der Waals surface area contributed by atoms with E-state index in [0.29, 0.717) is 54.7 Å². The van der Waals surface area contributed by atoms with Crippen molar-refractivity contribution < 1.29 is 37.4 Å². The van der Waals surface area contributed by atoms with E-state index in [2.05, 4.69) is 138 Å². The van der Waals surface area contributed by atoms with Crippen LogP contribution in [0.5, 0.6) is 0 Å². The Morgan fingerprint density at radius 2 is 1.48 bits per heavy atom. The van der Waals surface area contributed by atoms with Gasteiger partial charge < -0.3 is 27.8 Å². The van der Waals surface area contributed by atoms with Gasteiger partial charge in [-0.25, -0.2) is 19.6 Å². The van der Waals surface area contributed by atoms with Gasteiger partial charge in [-0.1, -0.05) is 134 Å². The molecule has 2 fully saturated rings. The molecule has 11 heteroatoms. The maximum atomic E-state index is 13.5. The summed E-state index contributed by atoms with van der Waals surface area (Å²) in [5.74, 6) is 1.87. The van der Waals surface area contributed by atoms with Gasteiger partial charge in [-0.2, -0.15) is 0 Å². The summed E-state index contributed by atoms with van der Waals surface area (Å²) in [5.41, 5.74) is -0.467. The van der Waals surface area contributed by atoms with Crippen molar-refractivity contribution in [1.82, 2.24) is 9.97 Å². The highest BCUT2D eigenvalue weighted by Gasteiger charge is 2.44. The molecule has 2 saturated carbocycles. The zero-order valence-electron chi connectivity index (χ0n) is 40.3. The first-order chi connectivity index (χ1) is 29.6. The van der Waals surface area contributed by atoms with Gasteiger partial charge in [-0.15, -0.1) is 0 Å². The van der Waals surface area contributed by atoms with Crippen LogP contribution in [0.3, 0.4) is 0 Å². The number of hydrogen-bond acceptors (Lipinski definition) is 10. The zero-order chi connectivity index (χ0) is 46.6. The summed E-state index contributed by atoms with van der Waals surface area (Å²) in [7, 11) is -0.719. The van der Waals surface area contributed by atoms with Gasteiger partial charge in [-0.3, -0.25) is 0 Å². The number of rotatable bonds is 24. The minimum Gasteiger partial charge on any atom is -0.464 e. The summed E-state index contributed by atoms with van der Waals surface area (Å²) >= 11 is 0. The number of aliphatic hydroxyl groups excluding tert-OH is 1. The average molecular weight is 885 g/mol. The highest BCUT2D eigenvalue weighted by molar-refractivity contribution is 6.74. The van der Waals surface area contributed by atoms with E-state index in [4.69, 9.17) is 18.0 Å². The summed E-state index contributed by atoms with van der Waals surface area (Å²) in [6.07, 6.45) is 35.3. The first-order valence-corrected chi connectivity index (χ1v) is 25.7. The van der Waals surface area contributed by atoms with E-state index in [1.54, 1.807) is 6.08 Å². The third-order valence-electron chi connectivity index (χ3n) is 13.5. The van der Waals surface area contributed by atoms with Gasteiger partial charge in [0.25, 0.3) is 0 Å². The molecular formula is C52H76N2O8Si. The minimum atomic E-state index is -2.02. The topological polar surface area (TPSA) is 134 Å². The van der Waals surface area contributed by atoms with Crippen LogP contribution in [0.15, 0.2) is 100 Å². The van der Waals surface area contributed by atoms with Gasteiger partial charge >= 0.3 is 11.9 Å². The van der Waals surface area contributed by atoms with Crippen molar-refractivity contribution in [1.29, 1.82) is 0 Å². The molecule has 346 valence electrons. The lowest BCUT2D eigenvalue weighted by atomic mass is 9.74. The number of esters is 2. The fourth-order valence-corrected chi connectivity index (χ4v) is 8.57. The molecule has 2 aliphatic rings. The Labute approximate surface area is 378 Å². The Morgan fingerprint density at radius 1 is 0.825 bits per heavy atom. The van der Waals surface area contributed by atoms with Crippen molar-refractivity contribution in [3.8, 4) is 0 Å². The molecule has 0 aliphatic heterocycles. The third-order valence-corrected chi connectivity index (χ3v) is 18.0. The van der Waals surface area contributed by atoms with Gasteiger partial charge in [0.15, 0.2) is 25.6 Å². The van der Waals surface area contributed by atoms with Crippen molar-refractivity contribution in [3.05, 3.63) is 115 Å². The van der Waals surface area contributed by atoms with Gasteiger partial charge in [0, 0.05) is 29.7 Å². The molecule has 2 aliphatic carbocycles. The van der Waals surface area contributed by atoms with Crippen LogP contribution in [-0.4, -0.2) is 60.8 Å². The molecule has 2 heterocycles. The predicted octanol–water partition coefficient (Wildman–Crippen LogP) is 12.5. The lowest BCUT2D eigenvalue weighted by Gasteiger charge is -2.44. The van der Waals surface area contributed by atoms with E-state index < -0.39 is 31.8 Å². The quantitative estimate of drug-likeness (QED) is 0.0470. The lowest BCUT2D eigenvalue weighted by Crippen LogP contribution is -2.50. The molecule has 8 atom stereocenters. The average Bonchev–Trinajstić information content (AvgIpc) is 4.02. The second kappa shape index (κ2) is 22.5. The minimum absolute atomic E-state index is 0.0879. The van der Waals surface area contributed by atoms with E-state index in [1.165, 1.54) is 19.6 Å². The van der Waals surface area contributed by atoms with E-state index in [-0.39, 0.29) is 40.0 Å². The first-order valence-electron chi connectivity index (χ1n) is 22.8. The van der Waals surface area contributed by atoms with E-state index in [0.717, 1.165) is 19.3 Å². The Balaban J connectivity index is 1.24. The van der Waals surface area contributed by atoms with Crippen molar-refractivity contribution >= 4 is 26.3 Å². The molecule has 10 nitrogen and oxygen atoms in total. The van der Waals surface area contributed by atoms with Gasteiger partial charge in [-0.05, 0) is 87.3 Å². The number of aromatic nitrogens is 2. The third kappa shape index (κ3) is 14.9. The summed E-state index contributed by atoms with van der Waals surface area (Å²) < 4.78 is 28.6. The Kier molecular flexibility index (Phi) is 18.4. The highest BCUT2D eigenvalue weighted by Crippen LogP contribution is 2.45. The fraction of sp³-hybridized carbons (Fsp3) is 0.577. The molecule has 4 rings (SSSR count). The Morgan fingerprint density at radius 3 is 2.16 bits per heavy atom. The zero-order valence-corrected chi connectivity index (χ0v) is 41.3. The number of nitrogens with zero attached hydrogens (tertiary/aromatic N) is 2. The van der Waals surface area contributed by atoms with Crippen LogP contribution in [0.1, 0.15) is 134 Å². The van der Waals surface area contributed by atoms with Crippen molar-refractivity contribution in [2.75, 3.05) is 7.11 Å². The summed E-state index contributed by atoms with van der Waals surface area (Å²) in [5, 5.41) is 11.4. The monoisotopic (exact) mass is 885 g/mol. The largest absolute Gasteiger partial charge is 0.464 e. The van der Waals surface area contributed by atoms with Gasteiger partial charge in [0.1, 0.15) is 18.6 Å². The molecule has 2 aromatic heterocycles. The Hall–Kier alpha value is -4.32. The SMILES string of the molecule is C/C=C/[C@H](O[Si](C)(C)C(C)(C)C)C(C)(C)[C@@H](O)C/C=C\[C@H]1C[C@H]1C/C=C\Cc1nc(C(=O)O[C@@H](C/C=C\[C@H]2C[C@H]2/C=C/C=C\c2nc(C(=O)OC)co2)C(C)(C)[C@@H](C)/C=C/C)co1. The first kappa shape index (κ1) is 51.3. The molecule has 0 aromatic carbocycles. The smallest absolute Gasteiger partial charge is 0.360 e. The molecular weight excluding hydrogens is 809 g/mol. The van der Waals surface area contributed by atoms with E-state index in [1.807, 2.05) is 38.2 Å². The second-order valence-electron chi connectivity index (χ2n) is 20.1. The number of aliphatic hydroxyl groups is 1. The summed E-state index contributed by atoms with van der Waals surface area (Å²) in [6, 6.07) is 0. The number of methoxy groups -OCH3 is 1. The van der Waals surface area contributed by atoms with Crippen molar-refractivity contribution in [3.63, 3.8) is 0 Å². The number of carbonyl (C=O) groups is 2. The molecule has 0 saturated heterocycles. The molecule has 2 aromatic rings. The molecule has 0 spiro atoms. The number of carbonyl (C=O) groups excluding carboxylic acids is 2. The number of hydrogen-bond donors (Lipinski definition) is 1. The maximum absolute atomic E-state index is 13.5. The second-order valence-corrected chi connectivity index (χ2v) is 24.8. The predicted molar refractivity (Wildman–Crippen MR) is 254 cm³/mol. The Bertz CT molecular complexity index is 2000. The molecule has 0 radical (unpaired) electrons. The van der Waals surface area contributed by atoms with E-state index in [9.17, 15) is 14.7 Å². The molecule has 1 N–H and O–H groups in total. The molecule has 0 bridgehead atoms. The van der Waals surface area contributed by atoms with Crippen molar-refractivity contribution in [2.45, 2.75) is 144 Å². The fourth-order valence-electron chi connectivity index (χ4n) is 7.20. The summed E-state index contributed by atoms with van der Waals surface area (Å²) in [4.78, 5) is 33.6. The van der Waals surface area contributed by atoms with Crippen LogP contribution in [0.25, 0.3) is 6.08 Å². The van der Waals surface area contributed by atoms with Crippen LogP contribution >= 0.6 is 0 Å². The van der Waals surface area contributed by atoms with Crippen LogP contribution in [0.4, 0.5) is 0 Å². The van der Waals surface area contributed by atoms with Gasteiger partial charge in [0.05, 0.1) is 19.3 Å². The van der Waals surface area contributed by atoms with Crippen molar-refractivity contribution in [2.24, 2.45) is 40.4 Å². The number of allylic oxidation sites excluding steroid dienone is 10. The highest BCUT2D eigenvalue weighted by atomic mass is 28.4. The van der Waals surface area contributed by atoms with Gasteiger partial charge in [0.2, 0.25) is 5.89 Å². The maximum Gasteiger partial charge on any atom is 0.360 e. The van der Waals surface area contributed by atoms with Crippen LogP contribution in [0, 0.1) is 40.4 Å².